The summed E-state index contributed by atoms with van der Waals surface area (Å²) >= 11 is 0. The van der Waals surface area contributed by atoms with Crippen LogP contribution in [0.2, 0.25) is 0 Å². The molecule has 134 valence electrons. The van der Waals surface area contributed by atoms with Crippen molar-refractivity contribution >= 4 is 0 Å². The zero-order valence-corrected chi connectivity index (χ0v) is 15.1. The monoisotopic (exact) mass is 342 g/mol. The molecular weight excluding hydrogens is 316 g/mol. The number of ether oxygens (including phenoxy) is 1. The molecule has 0 amide bonds. The Labute approximate surface area is 148 Å². The van der Waals surface area contributed by atoms with Gasteiger partial charge in [0.25, 0.3) is 0 Å². The molecule has 1 atom stereocenters. The second-order valence-corrected chi connectivity index (χ2v) is 7.41. The number of hydrogen-bond acceptors (Lipinski definition) is 6. The Balaban J connectivity index is 1.58. The molecule has 2 aromatic rings. The van der Waals surface area contributed by atoms with Crippen LogP contribution in [0.25, 0.3) is 11.4 Å². The lowest BCUT2D eigenvalue weighted by molar-refractivity contribution is 0.0711. The fraction of sp³-hybridized carbons (Fsp3) is 0.632. The van der Waals surface area contributed by atoms with Gasteiger partial charge in [-0.25, -0.2) is 4.98 Å². The zero-order valence-electron chi connectivity index (χ0n) is 15.1. The molecule has 1 unspecified atom stereocenters. The highest BCUT2D eigenvalue weighted by Gasteiger charge is 2.44. The van der Waals surface area contributed by atoms with E-state index in [4.69, 9.17) is 14.2 Å². The Bertz CT molecular complexity index is 720. The largest absolute Gasteiger partial charge is 0.475 e. The summed E-state index contributed by atoms with van der Waals surface area (Å²) in [5.74, 6) is 2.04. The van der Waals surface area contributed by atoms with Crippen molar-refractivity contribution in [1.29, 1.82) is 0 Å². The third-order valence-corrected chi connectivity index (χ3v) is 5.56. The fourth-order valence-corrected chi connectivity index (χ4v) is 4.00. The second-order valence-electron chi connectivity index (χ2n) is 7.41. The van der Waals surface area contributed by atoms with Gasteiger partial charge in [0.15, 0.2) is 0 Å². The van der Waals surface area contributed by atoms with Gasteiger partial charge >= 0.3 is 0 Å². The summed E-state index contributed by atoms with van der Waals surface area (Å²) in [5, 5.41) is 4.26. The molecule has 25 heavy (non-hydrogen) atoms. The van der Waals surface area contributed by atoms with Crippen LogP contribution in [0.1, 0.15) is 51.8 Å². The van der Waals surface area contributed by atoms with Crippen LogP contribution in [0.3, 0.4) is 0 Å². The van der Waals surface area contributed by atoms with E-state index in [1.54, 1.807) is 6.20 Å². The van der Waals surface area contributed by atoms with E-state index in [-0.39, 0.29) is 11.5 Å². The smallest absolute Gasteiger partial charge is 0.234 e. The van der Waals surface area contributed by atoms with E-state index in [1.807, 2.05) is 19.1 Å². The van der Waals surface area contributed by atoms with Crippen molar-refractivity contribution in [3.05, 3.63) is 24.2 Å². The van der Waals surface area contributed by atoms with Gasteiger partial charge in [-0.1, -0.05) is 12.1 Å². The summed E-state index contributed by atoms with van der Waals surface area (Å²) in [6.07, 6.45) is 7.52. The van der Waals surface area contributed by atoms with Crippen LogP contribution in [-0.4, -0.2) is 45.8 Å². The highest BCUT2D eigenvalue weighted by molar-refractivity contribution is 5.55. The van der Waals surface area contributed by atoms with Gasteiger partial charge in [0.1, 0.15) is 0 Å². The minimum absolute atomic E-state index is 0.0465. The van der Waals surface area contributed by atoms with Crippen molar-refractivity contribution < 1.29 is 9.26 Å². The lowest BCUT2D eigenvalue weighted by Gasteiger charge is -2.44. The molecule has 6 nitrogen and oxygen atoms in total. The van der Waals surface area contributed by atoms with Crippen LogP contribution in [0, 0.1) is 0 Å². The van der Waals surface area contributed by atoms with E-state index >= 15 is 0 Å². The van der Waals surface area contributed by atoms with Crippen molar-refractivity contribution in [3.8, 4) is 17.3 Å². The van der Waals surface area contributed by atoms with E-state index in [0.29, 0.717) is 11.7 Å². The average molecular weight is 342 g/mol. The van der Waals surface area contributed by atoms with Gasteiger partial charge < -0.3 is 14.2 Å². The zero-order chi connectivity index (χ0) is 17.3. The van der Waals surface area contributed by atoms with Crippen LogP contribution in [0.5, 0.6) is 5.88 Å². The number of nitrogens with zero attached hydrogens (tertiary/aromatic N) is 4. The molecule has 0 aromatic carbocycles. The maximum Gasteiger partial charge on any atom is 0.234 e. The van der Waals surface area contributed by atoms with E-state index < -0.39 is 0 Å². The Morgan fingerprint density at radius 3 is 2.88 bits per heavy atom. The number of piperidine rings is 2. The maximum absolute atomic E-state index is 5.81. The quantitative estimate of drug-likeness (QED) is 0.829. The minimum Gasteiger partial charge on any atom is -0.475 e. The summed E-state index contributed by atoms with van der Waals surface area (Å²) in [6, 6.07) is 3.80. The first-order valence-corrected chi connectivity index (χ1v) is 9.38. The van der Waals surface area contributed by atoms with Crippen molar-refractivity contribution in [2.75, 3.05) is 19.6 Å². The van der Waals surface area contributed by atoms with Gasteiger partial charge in [-0.05, 0) is 58.2 Å². The highest BCUT2D eigenvalue weighted by Crippen LogP contribution is 2.41. The van der Waals surface area contributed by atoms with Crippen LogP contribution in [-0.2, 0) is 5.41 Å². The molecule has 2 saturated heterocycles. The lowest BCUT2D eigenvalue weighted by Crippen LogP contribution is -2.50. The Morgan fingerprint density at radius 2 is 2.12 bits per heavy atom. The first-order valence-electron chi connectivity index (χ1n) is 9.38. The number of aromatic nitrogens is 3. The van der Waals surface area contributed by atoms with Crippen LogP contribution in [0.4, 0.5) is 0 Å². The summed E-state index contributed by atoms with van der Waals surface area (Å²) in [6.45, 7) is 7.58. The summed E-state index contributed by atoms with van der Waals surface area (Å²) in [4.78, 5) is 11.6. The molecule has 0 N–H and O–H groups in total. The SMILES string of the molecule is CCC(C)Oc1cc(-c2noc(C34CCCN(CCC3)C4)n2)ccn1. The lowest BCUT2D eigenvalue weighted by atomic mass is 9.73. The molecule has 6 heteroatoms. The standard InChI is InChI=1S/C19H26N4O2/c1-3-14(2)24-16-12-15(6-9-20-16)17-21-18(25-22-17)19-7-4-10-23(13-19)11-5-8-19/h6,9,12,14H,3-5,7-8,10-11,13H2,1-2H3. The van der Waals surface area contributed by atoms with E-state index in [9.17, 15) is 0 Å². The minimum atomic E-state index is 0.0465. The Morgan fingerprint density at radius 1 is 1.32 bits per heavy atom. The van der Waals surface area contributed by atoms with Crippen molar-refractivity contribution in [3.63, 3.8) is 0 Å². The van der Waals surface area contributed by atoms with Gasteiger partial charge in [-0.2, -0.15) is 4.98 Å². The molecule has 4 heterocycles. The first-order chi connectivity index (χ1) is 12.2. The molecule has 0 aliphatic carbocycles. The van der Waals surface area contributed by atoms with Crippen LogP contribution >= 0.6 is 0 Å². The number of hydrogen-bond donors (Lipinski definition) is 0. The number of fused-ring (bicyclic) bond motifs is 2. The highest BCUT2D eigenvalue weighted by atomic mass is 16.5. The van der Waals surface area contributed by atoms with Gasteiger partial charge in [-0.3, -0.25) is 0 Å². The van der Waals surface area contributed by atoms with Crippen LogP contribution in [0.15, 0.2) is 22.9 Å². The summed E-state index contributed by atoms with van der Waals surface area (Å²) < 4.78 is 11.5. The van der Waals surface area contributed by atoms with E-state index in [1.165, 1.54) is 25.9 Å². The first kappa shape index (κ1) is 16.5. The normalized spacial score (nSPS) is 27.0. The fourth-order valence-electron chi connectivity index (χ4n) is 4.00. The molecule has 0 radical (unpaired) electrons. The molecule has 4 rings (SSSR count). The maximum atomic E-state index is 5.81. The topological polar surface area (TPSA) is 64.3 Å². The predicted molar refractivity (Wildman–Crippen MR) is 94.5 cm³/mol. The molecule has 0 spiro atoms. The van der Waals surface area contributed by atoms with Crippen LogP contribution < -0.4 is 4.74 Å². The Kier molecular flexibility index (Phi) is 4.46. The third kappa shape index (κ3) is 3.27. The predicted octanol–water partition coefficient (Wildman–Crippen LogP) is 3.44. The molecular formula is C19H26N4O2. The molecule has 2 bridgehead atoms. The number of rotatable bonds is 5. The van der Waals surface area contributed by atoms with Gasteiger partial charge in [0, 0.05) is 24.4 Å². The molecule has 0 saturated carbocycles. The van der Waals surface area contributed by atoms with E-state index in [0.717, 1.165) is 37.3 Å². The third-order valence-electron chi connectivity index (χ3n) is 5.56. The van der Waals surface area contributed by atoms with Crippen molar-refractivity contribution in [1.82, 2.24) is 20.0 Å². The molecule has 2 aliphatic rings. The van der Waals surface area contributed by atoms with E-state index in [2.05, 4.69) is 22.0 Å². The van der Waals surface area contributed by atoms with Gasteiger partial charge in [0.2, 0.25) is 17.6 Å². The van der Waals surface area contributed by atoms with Crippen molar-refractivity contribution in [2.24, 2.45) is 0 Å². The molecule has 2 aromatic heterocycles. The second kappa shape index (κ2) is 6.75. The molecule has 2 aliphatic heterocycles. The van der Waals surface area contributed by atoms with Crippen molar-refractivity contribution in [2.45, 2.75) is 57.5 Å². The Hall–Kier alpha value is -1.95. The van der Waals surface area contributed by atoms with Gasteiger partial charge in [0.05, 0.1) is 11.5 Å². The van der Waals surface area contributed by atoms with Gasteiger partial charge in [-0.15, -0.1) is 0 Å². The molecule has 2 fully saturated rings. The summed E-state index contributed by atoms with van der Waals surface area (Å²) in [5.41, 5.74) is 0.938. The summed E-state index contributed by atoms with van der Waals surface area (Å²) in [7, 11) is 0. The number of pyridine rings is 1. The average Bonchev–Trinajstić information content (AvgIpc) is 3.13.